The number of nitrogens with zero attached hydrogens (tertiary/aromatic N) is 1. The van der Waals surface area contributed by atoms with Crippen molar-refractivity contribution in [2.75, 3.05) is 11.1 Å². The van der Waals surface area contributed by atoms with Crippen molar-refractivity contribution in [1.82, 2.24) is 4.98 Å². The zero-order valence-corrected chi connectivity index (χ0v) is 15.9. The molecular formula is C16H21F3N2O4S. The highest BCUT2D eigenvalue weighted by Gasteiger charge is 2.44. The zero-order valence-electron chi connectivity index (χ0n) is 15.1. The molecule has 0 fully saturated rings. The van der Waals surface area contributed by atoms with Gasteiger partial charge < -0.3 is 5.32 Å². The molecule has 6 nitrogen and oxygen atoms in total. The minimum atomic E-state index is -4.58. The number of nitrogens with one attached hydrogen (secondary N) is 1. The number of rotatable bonds is 5. The molecule has 1 amide bonds. The van der Waals surface area contributed by atoms with Crippen LogP contribution in [0.15, 0.2) is 18.3 Å². The first-order valence-corrected chi connectivity index (χ1v) is 9.24. The molecule has 0 spiro atoms. The van der Waals surface area contributed by atoms with E-state index in [0.29, 0.717) is 12.3 Å². The lowest BCUT2D eigenvalue weighted by atomic mass is 9.92. The highest BCUT2D eigenvalue weighted by atomic mass is 32.2. The Balaban J connectivity index is 2.99. The summed E-state index contributed by atoms with van der Waals surface area (Å²) in [6.45, 7) is 6.92. The summed E-state index contributed by atoms with van der Waals surface area (Å²) in [7, 11) is -4.16. The monoisotopic (exact) mass is 394 g/mol. The van der Waals surface area contributed by atoms with Crippen molar-refractivity contribution in [1.29, 1.82) is 0 Å². The van der Waals surface area contributed by atoms with Gasteiger partial charge in [-0.15, -0.1) is 0 Å². The fourth-order valence-electron chi connectivity index (χ4n) is 1.61. The van der Waals surface area contributed by atoms with Crippen LogP contribution < -0.4 is 5.32 Å². The van der Waals surface area contributed by atoms with Crippen LogP contribution in [0.5, 0.6) is 0 Å². The lowest BCUT2D eigenvalue weighted by Gasteiger charge is -2.25. The van der Waals surface area contributed by atoms with Crippen LogP contribution in [0.1, 0.15) is 40.2 Å². The zero-order chi connectivity index (χ0) is 20.6. The topological polar surface area (TPSA) is 93.2 Å². The van der Waals surface area contributed by atoms with Crippen molar-refractivity contribution in [2.45, 2.75) is 45.5 Å². The first-order chi connectivity index (χ1) is 11.5. The Hall–Kier alpha value is -1.97. The standard InChI is InChI=1S/C16H21F3N2O4S/c1-14(2,3)11(22)9-26(24,25)15(4,5)13(23)21-12-7-6-10(8-20-12)16(17,18)19/h6-8H,9H2,1-5H3,(H,20,21,23). The molecule has 0 aliphatic rings. The maximum Gasteiger partial charge on any atom is 0.417 e. The van der Waals surface area contributed by atoms with Gasteiger partial charge in [0, 0.05) is 11.6 Å². The average molecular weight is 394 g/mol. The molecule has 0 saturated heterocycles. The Kier molecular flexibility index (Phi) is 5.92. The van der Waals surface area contributed by atoms with Gasteiger partial charge in [-0.1, -0.05) is 20.8 Å². The van der Waals surface area contributed by atoms with Gasteiger partial charge in [0.05, 0.1) is 5.56 Å². The van der Waals surface area contributed by atoms with E-state index in [9.17, 15) is 31.2 Å². The second kappa shape index (κ2) is 6.98. The van der Waals surface area contributed by atoms with E-state index >= 15 is 0 Å². The number of amides is 1. The number of sulfone groups is 1. The normalized spacial score (nSPS) is 13.4. The number of alkyl halides is 3. The molecule has 0 aromatic carbocycles. The van der Waals surface area contributed by atoms with Crippen molar-refractivity contribution in [3.8, 4) is 0 Å². The number of aromatic nitrogens is 1. The molecule has 0 radical (unpaired) electrons. The Labute approximate surface area is 150 Å². The second-order valence-corrected chi connectivity index (χ2v) is 9.87. The molecule has 0 atom stereocenters. The minimum absolute atomic E-state index is 0.228. The van der Waals surface area contributed by atoms with Gasteiger partial charge in [-0.3, -0.25) is 9.59 Å². The van der Waals surface area contributed by atoms with Crippen LogP contribution in [-0.4, -0.2) is 35.6 Å². The molecule has 1 N–H and O–H groups in total. The lowest BCUT2D eigenvalue weighted by molar-refractivity contribution is -0.137. The van der Waals surface area contributed by atoms with Crippen LogP contribution in [0, 0.1) is 5.41 Å². The third-order valence-electron chi connectivity index (χ3n) is 3.81. The van der Waals surface area contributed by atoms with Crippen LogP contribution in [0.4, 0.5) is 19.0 Å². The molecule has 1 aromatic heterocycles. The first-order valence-electron chi connectivity index (χ1n) is 7.59. The lowest BCUT2D eigenvalue weighted by Crippen LogP contribution is -2.48. The van der Waals surface area contributed by atoms with Crippen LogP contribution >= 0.6 is 0 Å². The Morgan fingerprint density at radius 3 is 2.00 bits per heavy atom. The van der Waals surface area contributed by atoms with Crippen LogP contribution in [0.3, 0.4) is 0 Å². The summed E-state index contributed by atoms with van der Waals surface area (Å²) < 4.78 is 60.5. The van der Waals surface area contributed by atoms with Gasteiger partial charge in [-0.05, 0) is 26.0 Å². The summed E-state index contributed by atoms with van der Waals surface area (Å²) in [5.41, 5.74) is -1.90. The maximum atomic E-state index is 12.5. The number of anilines is 1. The summed E-state index contributed by atoms with van der Waals surface area (Å²) in [4.78, 5) is 27.8. The third-order valence-corrected chi connectivity index (χ3v) is 6.20. The number of carbonyl (C=O) groups is 2. The van der Waals surface area contributed by atoms with E-state index in [2.05, 4.69) is 10.3 Å². The number of ketones is 1. The van der Waals surface area contributed by atoms with Crippen molar-refractivity contribution in [3.63, 3.8) is 0 Å². The van der Waals surface area contributed by atoms with E-state index in [0.717, 1.165) is 19.9 Å². The predicted octanol–water partition coefficient (Wildman–Crippen LogP) is 2.85. The van der Waals surface area contributed by atoms with Crippen molar-refractivity contribution in [3.05, 3.63) is 23.9 Å². The Morgan fingerprint density at radius 1 is 1.08 bits per heavy atom. The molecule has 0 unspecified atom stereocenters. The van der Waals surface area contributed by atoms with Gasteiger partial charge >= 0.3 is 6.18 Å². The van der Waals surface area contributed by atoms with Gasteiger partial charge in [0.2, 0.25) is 5.91 Å². The van der Waals surface area contributed by atoms with Gasteiger partial charge in [-0.25, -0.2) is 13.4 Å². The average Bonchev–Trinajstić information content (AvgIpc) is 2.45. The van der Waals surface area contributed by atoms with Crippen molar-refractivity contribution < 1.29 is 31.2 Å². The maximum absolute atomic E-state index is 12.5. The fourth-order valence-corrected chi connectivity index (χ4v) is 3.09. The van der Waals surface area contributed by atoms with E-state index in [1.165, 1.54) is 0 Å². The number of halogens is 3. The molecule has 0 aliphatic carbocycles. The quantitative estimate of drug-likeness (QED) is 0.829. The van der Waals surface area contributed by atoms with E-state index in [-0.39, 0.29) is 5.82 Å². The molecule has 1 rings (SSSR count). The summed E-state index contributed by atoms with van der Waals surface area (Å²) in [6.07, 6.45) is -4.05. The van der Waals surface area contributed by atoms with Gasteiger partial charge in [-0.2, -0.15) is 13.2 Å². The van der Waals surface area contributed by atoms with Crippen molar-refractivity contribution in [2.24, 2.45) is 5.41 Å². The summed E-state index contributed by atoms with van der Waals surface area (Å²) in [5.74, 6) is -2.59. The van der Waals surface area contributed by atoms with Crippen LogP contribution in [-0.2, 0) is 25.6 Å². The number of hydrogen-bond acceptors (Lipinski definition) is 5. The SMILES string of the molecule is CC(C)(C)C(=O)CS(=O)(=O)C(C)(C)C(=O)Nc1ccc(C(F)(F)F)cn1. The molecule has 1 aromatic rings. The minimum Gasteiger partial charge on any atom is -0.309 e. The van der Waals surface area contributed by atoms with Crippen molar-refractivity contribution >= 4 is 27.3 Å². The number of hydrogen-bond donors (Lipinski definition) is 1. The Bertz CT molecular complexity index is 792. The summed E-state index contributed by atoms with van der Waals surface area (Å²) in [6, 6.07) is 1.64. The van der Waals surface area contributed by atoms with Gasteiger partial charge in [0.25, 0.3) is 0 Å². The predicted molar refractivity (Wildman–Crippen MR) is 90.2 cm³/mol. The van der Waals surface area contributed by atoms with Gasteiger partial charge in [0.1, 0.15) is 16.3 Å². The molecule has 10 heteroatoms. The molecule has 146 valence electrons. The van der Waals surface area contributed by atoms with E-state index in [4.69, 9.17) is 0 Å². The Morgan fingerprint density at radius 2 is 1.62 bits per heavy atom. The molecular weight excluding hydrogens is 373 g/mol. The number of carbonyl (C=O) groups excluding carboxylic acids is 2. The molecule has 26 heavy (non-hydrogen) atoms. The highest BCUT2D eigenvalue weighted by molar-refractivity contribution is 7.94. The summed E-state index contributed by atoms with van der Waals surface area (Å²) in [5, 5.41) is 2.17. The smallest absolute Gasteiger partial charge is 0.309 e. The van der Waals surface area contributed by atoms with E-state index in [1.807, 2.05) is 0 Å². The largest absolute Gasteiger partial charge is 0.417 e. The molecule has 0 bridgehead atoms. The van der Waals surface area contributed by atoms with Crippen LogP contribution in [0.2, 0.25) is 0 Å². The first kappa shape index (κ1) is 22.1. The second-order valence-electron chi connectivity index (χ2n) is 7.33. The summed E-state index contributed by atoms with van der Waals surface area (Å²) >= 11 is 0. The highest BCUT2D eigenvalue weighted by Crippen LogP contribution is 2.29. The molecule has 1 heterocycles. The van der Waals surface area contributed by atoms with Gasteiger partial charge in [0.15, 0.2) is 15.6 Å². The van der Waals surface area contributed by atoms with E-state index < -0.39 is 49.2 Å². The number of pyridine rings is 1. The third kappa shape index (κ3) is 5.03. The van der Waals surface area contributed by atoms with Crippen LogP contribution in [0.25, 0.3) is 0 Å². The molecule has 0 saturated carbocycles. The number of Topliss-reactive ketones (excluding diaryl/α,β-unsaturated/α-hetero) is 1. The van der Waals surface area contributed by atoms with E-state index in [1.54, 1.807) is 20.8 Å². The fraction of sp³-hybridized carbons (Fsp3) is 0.562. The molecule has 0 aliphatic heterocycles.